The highest BCUT2D eigenvalue weighted by molar-refractivity contribution is 5.97. The highest BCUT2D eigenvalue weighted by Gasteiger charge is 2.23. The molecule has 7 N–H and O–H groups in total. The molecule has 1 aliphatic heterocycles. The zero-order valence-electron chi connectivity index (χ0n) is 34.5. The van der Waals surface area contributed by atoms with Gasteiger partial charge in [0.05, 0.1) is 29.7 Å². The molecule has 24 nitrogen and oxygen atoms in total. The molecule has 1 fully saturated rings. The third kappa shape index (κ3) is 10.5. The Morgan fingerprint density at radius 2 is 1.60 bits per heavy atom. The number of rotatable bonds is 14. The van der Waals surface area contributed by atoms with Crippen LogP contribution in [-0.4, -0.2) is 122 Å². The third-order valence-corrected chi connectivity index (χ3v) is 10.4. The highest BCUT2D eigenvalue weighted by atomic mass is 16.6. The van der Waals surface area contributed by atoms with Crippen LogP contribution in [0.4, 0.5) is 28.8 Å². The second-order valence-electron chi connectivity index (χ2n) is 14.6. The number of hydrogen-bond acceptors (Lipinski definition) is 17. The smallest absolute Gasteiger partial charge is 0.332 e. The van der Waals surface area contributed by atoms with Gasteiger partial charge in [0.1, 0.15) is 6.04 Å². The number of benzene rings is 2. The van der Waals surface area contributed by atoms with Crippen LogP contribution >= 0.6 is 0 Å². The van der Waals surface area contributed by atoms with Crippen molar-refractivity contribution in [2.75, 3.05) is 61.0 Å². The predicted octanol–water partition coefficient (Wildman–Crippen LogP) is 0.433. The summed E-state index contributed by atoms with van der Waals surface area (Å²) in [6.45, 7) is 5.05. The molecule has 7 rings (SSSR count). The summed E-state index contributed by atoms with van der Waals surface area (Å²) in [5.74, 6) is -2.91. The van der Waals surface area contributed by atoms with E-state index < -0.39 is 28.8 Å². The van der Waals surface area contributed by atoms with Crippen LogP contribution in [0, 0.1) is 10.1 Å². The Bertz CT molecular complexity index is 2780. The Hall–Kier alpha value is -8.02. The number of fused-ring (bicyclic) bond motifs is 2. The first-order valence-electron chi connectivity index (χ1n) is 19.4. The number of nitro groups is 1. The second-order valence-corrected chi connectivity index (χ2v) is 14.6. The molecule has 0 spiro atoms. The van der Waals surface area contributed by atoms with Crippen molar-refractivity contribution in [2.24, 2.45) is 14.1 Å². The van der Waals surface area contributed by atoms with E-state index in [4.69, 9.17) is 16.6 Å². The Morgan fingerprint density at radius 3 is 2.24 bits per heavy atom. The Morgan fingerprint density at radius 1 is 0.921 bits per heavy atom. The van der Waals surface area contributed by atoms with Crippen molar-refractivity contribution in [3.63, 3.8) is 0 Å². The first-order chi connectivity index (χ1) is 30.0. The highest BCUT2D eigenvalue weighted by Crippen LogP contribution is 2.22. The number of piperazine rings is 1. The van der Waals surface area contributed by atoms with Crippen molar-refractivity contribution in [3.8, 4) is 0 Å². The maximum atomic E-state index is 12.5. The third-order valence-electron chi connectivity index (χ3n) is 10.4. The van der Waals surface area contributed by atoms with E-state index in [1.165, 1.54) is 35.9 Å². The summed E-state index contributed by atoms with van der Waals surface area (Å²) in [5, 5.41) is 31.0. The molecule has 5 heterocycles. The van der Waals surface area contributed by atoms with E-state index in [1.807, 2.05) is 11.9 Å². The quantitative estimate of drug-likeness (QED) is 0.0732. The molecule has 4 aromatic heterocycles. The minimum Gasteiger partial charge on any atom is -0.481 e. The lowest BCUT2D eigenvalue weighted by atomic mass is 10.1. The van der Waals surface area contributed by atoms with Crippen molar-refractivity contribution in [2.45, 2.75) is 32.0 Å². The maximum Gasteiger partial charge on any atom is 0.332 e. The van der Waals surface area contributed by atoms with Gasteiger partial charge in [0.2, 0.25) is 5.95 Å². The number of nitrogens with two attached hydrogens (primary N) is 2. The van der Waals surface area contributed by atoms with Crippen LogP contribution in [0.1, 0.15) is 28.9 Å². The minimum absolute atomic E-state index is 0.0138. The van der Waals surface area contributed by atoms with Gasteiger partial charge in [-0.2, -0.15) is 9.97 Å². The number of non-ortho nitro benzene ring substituents is 1. The molecule has 0 aliphatic carbocycles. The van der Waals surface area contributed by atoms with Crippen LogP contribution < -0.4 is 37.8 Å². The molecule has 63 heavy (non-hydrogen) atoms. The van der Waals surface area contributed by atoms with E-state index in [2.05, 4.69) is 40.0 Å². The average molecular weight is 868 g/mol. The van der Waals surface area contributed by atoms with Crippen LogP contribution in [0.15, 0.2) is 70.6 Å². The fourth-order valence-electron chi connectivity index (χ4n) is 6.86. The van der Waals surface area contributed by atoms with Crippen molar-refractivity contribution >= 4 is 69.0 Å². The molecule has 1 aliphatic rings. The van der Waals surface area contributed by atoms with E-state index in [-0.39, 0.29) is 47.1 Å². The van der Waals surface area contributed by atoms with Gasteiger partial charge >= 0.3 is 17.6 Å². The van der Waals surface area contributed by atoms with E-state index in [1.54, 1.807) is 48.4 Å². The van der Waals surface area contributed by atoms with Crippen LogP contribution in [0.25, 0.3) is 22.3 Å². The normalized spacial score (nSPS) is 13.3. The van der Waals surface area contributed by atoms with E-state index in [0.717, 1.165) is 48.7 Å². The van der Waals surface area contributed by atoms with E-state index >= 15 is 0 Å². The molecule has 1 saturated heterocycles. The van der Waals surface area contributed by atoms with Crippen molar-refractivity contribution in [3.05, 3.63) is 103 Å². The van der Waals surface area contributed by atoms with Crippen molar-refractivity contribution in [1.29, 1.82) is 0 Å². The number of nitrogens with one attached hydrogen (secondary N) is 1. The number of aliphatic carboxylic acids is 2. The van der Waals surface area contributed by atoms with Gasteiger partial charge < -0.3 is 41.4 Å². The van der Waals surface area contributed by atoms with Gasteiger partial charge in [0.15, 0.2) is 28.1 Å². The zero-order valence-corrected chi connectivity index (χ0v) is 34.5. The van der Waals surface area contributed by atoms with Crippen LogP contribution in [0.2, 0.25) is 0 Å². The molecular weight excluding hydrogens is 823 g/mol. The second kappa shape index (κ2) is 19.1. The summed E-state index contributed by atoms with van der Waals surface area (Å²) in [7, 11) is 4.90. The van der Waals surface area contributed by atoms with Gasteiger partial charge in [-0.05, 0) is 42.8 Å². The summed E-state index contributed by atoms with van der Waals surface area (Å²) in [6.07, 6.45) is 2.57. The SMILES string of the molecule is CN(Cc1cnc2nc(N)nc(N)c2n1)c1ccc(C(=O)N[C@H](CCC(=O)O)C(=O)O)cc1.Cn1c(=O)c2c(ncn2CCN2CCN(c3ccc([N+](=O)[O-])cc3)CC2)n(C)c1=O. The van der Waals surface area contributed by atoms with Crippen molar-refractivity contribution in [1.82, 2.24) is 48.8 Å². The molecule has 0 radical (unpaired) electrons. The summed E-state index contributed by atoms with van der Waals surface area (Å²) in [6, 6.07) is 11.8. The average Bonchev–Trinajstić information content (AvgIpc) is 3.70. The lowest BCUT2D eigenvalue weighted by Gasteiger charge is -2.36. The Labute approximate surface area is 357 Å². The molecule has 24 heteroatoms. The first-order valence-corrected chi connectivity index (χ1v) is 19.4. The summed E-state index contributed by atoms with van der Waals surface area (Å²) < 4.78 is 4.29. The molecular formula is C39H45N15O9. The number of carbonyl (C=O) groups excluding carboxylic acids is 1. The van der Waals surface area contributed by atoms with Crippen LogP contribution in [0.3, 0.4) is 0 Å². The van der Waals surface area contributed by atoms with Crippen molar-refractivity contribution < 1.29 is 29.5 Å². The van der Waals surface area contributed by atoms with Gasteiger partial charge in [0.25, 0.3) is 17.2 Å². The van der Waals surface area contributed by atoms with Gasteiger partial charge in [0, 0.05) is 95.9 Å². The number of nitrogen functional groups attached to an aromatic ring is 2. The Kier molecular flexibility index (Phi) is 13.5. The number of anilines is 4. The number of imidazole rings is 1. The number of carboxylic acid groups (broad SMARTS) is 2. The first kappa shape index (κ1) is 44.5. The standard InChI is InChI=1S/C20H22N8O5.C19H23N7O4/c1-28(9-11-8-23-17-15(24-11)16(21)26-20(22)27-17)12-4-2-10(3-5-12)18(31)25-13(19(32)33)6-7-14(29)30;1-21-17-16(18(27)22(2)19(21)28)25(13-20-17)12-9-23-7-10-24(11-8-23)14-3-5-15(6-4-14)26(29)30/h2-5,8,13H,6-7,9H2,1H3,(H,25,31)(H,29,30)(H,32,33)(H4,21,22,23,26,27);3-6,13H,7-12H2,1-2H3/t13-;/m1./s1. The molecule has 1 atom stereocenters. The summed E-state index contributed by atoms with van der Waals surface area (Å²) >= 11 is 0. The number of carbonyl (C=O) groups is 3. The molecule has 2 aromatic carbocycles. The zero-order chi connectivity index (χ0) is 45.5. The fraction of sp³-hybridized carbons (Fsp3) is 0.333. The van der Waals surface area contributed by atoms with Gasteiger partial charge in [-0.15, -0.1) is 0 Å². The molecule has 0 bridgehead atoms. The number of hydrogen-bond donors (Lipinski definition) is 5. The van der Waals surface area contributed by atoms with Gasteiger partial charge in [-0.1, -0.05) is 0 Å². The molecule has 1 amide bonds. The van der Waals surface area contributed by atoms with E-state index in [0.29, 0.717) is 41.1 Å². The minimum atomic E-state index is -1.30. The number of amides is 1. The molecule has 0 saturated carbocycles. The number of aromatic nitrogens is 8. The number of carboxylic acids is 2. The Balaban J connectivity index is 0.000000210. The molecule has 0 unspecified atom stereocenters. The topological polar surface area (TPSA) is 322 Å². The summed E-state index contributed by atoms with van der Waals surface area (Å²) in [5.41, 5.74) is 14.8. The van der Waals surface area contributed by atoms with Gasteiger partial charge in [-0.3, -0.25) is 38.5 Å². The number of aryl methyl sites for hydroxylation is 1. The summed E-state index contributed by atoms with van der Waals surface area (Å²) in [4.78, 5) is 96.4. The predicted molar refractivity (Wildman–Crippen MR) is 230 cm³/mol. The van der Waals surface area contributed by atoms with E-state index in [9.17, 15) is 39.2 Å². The van der Waals surface area contributed by atoms with Gasteiger partial charge in [-0.25, -0.2) is 24.5 Å². The van der Waals surface area contributed by atoms with Crippen LogP contribution in [-0.2, 0) is 36.8 Å². The lowest BCUT2D eigenvalue weighted by Crippen LogP contribution is -2.47. The largest absolute Gasteiger partial charge is 0.481 e. The maximum absolute atomic E-state index is 12.5. The fourth-order valence-corrected chi connectivity index (χ4v) is 6.86. The monoisotopic (exact) mass is 867 g/mol. The molecule has 330 valence electrons. The number of nitrogens with zero attached hydrogens (tertiary/aromatic N) is 12. The number of nitro benzene ring substituents is 1. The molecule has 6 aromatic rings. The van der Waals surface area contributed by atoms with Crippen LogP contribution in [0.5, 0.6) is 0 Å². The lowest BCUT2D eigenvalue weighted by molar-refractivity contribution is -0.384.